The van der Waals surface area contributed by atoms with E-state index in [1.165, 1.54) is 0 Å². The van der Waals surface area contributed by atoms with Crippen molar-refractivity contribution in [2.75, 3.05) is 0 Å². The lowest BCUT2D eigenvalue weighted by Crippen LogP contribution is -2.15. The number of ether oxygens (including phenoxy) is 1. The first-order valence-electron chi connectivity index (χ1n) is 8.71. The van der Waals surface area contributed by atoms with Gasteiger partial charge in [0.2, 0.25) is 0 Å². The predicted molar refractivity (Wildman–Crippen MR) is 111 cm³/mol. The highest BCUT2D eigenvalue weighted by molar-refractivity contribution is 6.30. The second-order valence-corrected chi connectivity index (χ2v) is 6.70. The quantitative estimate of drug-likeness (QED) is 0.477. The summed E-state index contributed by atoms with van der Waals surface area (Å²) in [7, 11) is 0. The second-order valence-electron chi connectivity index (χ2n) is 6.26. The van der Waals surface area contributed by atoms with Crippen molar-refractivity contribution < 1.29 is 9.53 Å². The Labute approximate surface area is 167 Å². The molecule has 28 heavy (non-hydrogen) atoms. The van der Waals surface area contributed by atoms with Gasteiger partial charge in [0.1, 0.15) is 17.2 Å². The first-order valence-corrected chi connectivity index (χ1v) is 9.09. The minimum absolute atomic E-state index is 0.405. The van der Waals surface area contributed by atoms with Crippen LogP contribution >= 0.6 is 11.6 Å². The van der Waals surface area contributed by atoms with Gasteiger partial charge in [0.05, 0.1) is 0 Å². The molecule has 0 radical (unpaired) electrons. The highest BCUT2D eigenvalue weighted by atomic mass is 35.5. The van der Waals surface area contributed by atoms with Crippen LogP contribution in [0.4, 0.5) is 0 Å². The number of hydrogen-bond donors (Lipinski definition) is 1. The Kier molecular flexibility index (Phi) is 4.87. The maximum atomic E-state index is 11.9. The average Bonchev–Trinajstić information content (AvgIpc) is 3.16. The topological polar surface area (TPSA) is 57.3 Å². The lowest BCUT2D eigenvalue weighted by atomic mass is 10.1. The maximum Gasteiger partial charge on any atom is 0.265 e. The molecular formula is C23H17ClN2O2. The Morgan fingerprint density at radius 2 is 1.46 bits per heavy atom. The van der Waals surface area contributed by atoms with Crippen molar-refractivity contribution in [2.45, 2.75) is 0 Å². The molecule has 0 unspecified atom stereocenters. The molecular weight excluding hydrogens is 372 g/mol. The molecule has 2 N–H and O–H groups in total. The Morgan fingerprint density at radius 3 is 2.11 bits per heavy atom. The summed E-state index contributed by atoms with van der Waals surface area (Å²) in [6, 6.07) is 26.3. The molecule has 0 bridgehead atoms. The first-order chi connectivity index (χ1) is 13.6. The van der Waals surface area contributed by atoms with Crippen LogP contribution in [0, 0.1) is 0 Å². The van der Waals surface area contributed by atoms with Crippen molar-refractivity contribution in [1.82, 2.24) is 4.57 Å². The van der Waals surface area contributed by atoms with Gasteiger partial charge in [-0.3, -0.25) is 4.79 Å². The largest absolute Gasteiger partial charge is 0.457 e. The summed E-state index contributed by atoms with van der Waals surface area (Å²) in [6.45, 7) is 0. The Bertz CT molecular complexity index is 1100. The zero-order valence-corrected chi connectivity index (χ0v) is 15.6. The number of rotatable bonds is 5. The summed E-state index contributed by atoms with van der Waals surface area (Å²) in [5.74, 6) is 1.02. The third-order valence-electron chi connectivity index (χ3n) is 4.34. The van der Waals surface area contributed by atoms with E-state index in [4.69, 9.17) is 22.1 Å². The Balaban J connectivity index is 1.64. The number of primary amides is 1. The number of para-hydroxylation sites is 1. The fourth-order valence-corrected chi connectivity index (χ4v) is 3.09. The molecule has 0 saturated carbocycles. The van der Waals surface area contributed by atoms with E-state index in [1.54, 1.807) is 22.8 Å². The number of halogens is 1. The molecule has 1 amide bonds. The monoisotopic (exact) mass is 388 g/mol. The van der Waals surface area contributed by atoms with Crippen LogP contribution in [0.25, 0.3) is 16.8 Å². The lowest BCUT2D eigenvalue weighted by Gasteiger charge is -2.07. The van der Waals surface area contributed by atoms with Gasteiger partial charge in [0.25, 0.3) is 5.91 Å². The summed E-state index contributed by atoms with van der Waals surface area (Å²) >= 11 is 5.96. The summed E-state index contributed by atoms with van der Waals surface area (Å²) in [5.41, 5.74) is 8.63. The minimum Gasteiger partial charge on any atom is -0.457 e. The molecule has 4 rings (SSSR count). The molecule has 138 valence electrons. The van der Waals surface area contributed by atoms with Crippen LogP contribution in [0.2, 0.25) is 5.02 Å². The molecule has 5 heteroatoms. The van der Waals surface area contributed by atoms with Crippen LogP contribution in [-0.4, -0.2) is 10.5 Å². The summed E-state index contributed by atoms with van der Waals surface area (Å²) in [6.07, 6.45) is 1.89. The van der Waals surface area contributed by atoms with Gasteiger partial charge in [0.15, 0.2) is 0 Å². The van der Waals surface area contributed by atoms with E-state index in [-0.39, 0.29) is 0 Å². The molecule has 0 atom stereocenters. The Morgan fingerprint density at radius 1 is 0.821 bits per heavy atom. The minimum atomic E-state index is -0.495. The van der Waals surface area contributed by atoms with E-state index in [1.807, 2.05) is 72.9 Å². The number of aromatic nitrogens is 1. The molecule has 0 aliphatic carbocycles. The van der Waals surface area contributed by atoms with Gasteiger partial charge in [-0.15, -0.1) is 0 Å². The van der Waals surface area contributed by atoms with Gasteiger partial charge in [-0.05, 0) is 60.2 Å². The van der Waals surface area contributed by atoms with Gasteiger partial charge < -0.3 is 15.0 Å². The third kappa shape index (κ3) is 3.77. The van der Waals surface area contributed by atoms with E-state index in [0.29, 0.717) is 10.7 Å². The van der Waals surface area contributed by atoms with Crippen molar-refractivity contribution in [3.8, 4) is 28.3 Å². The fourth-order valence-electron chi connectivity index (χ4n) is 2.97. The summed E-state index contributed by atoms with van der Waals surface area (Å²) in [5, 5.41) is 0.630. The number of amides is 1. The van der Waals surface area contributed by atoms with E-state index in [2.05, 4.69) is 0 Å². The molecule has 3 aromatic carbocycles. The number of nitrogens with two attached hydrogens (primary N) is 1. The zero-order valence-electron chi connectivity index (χ0n) is 14.9. The first kappa shape index (κ1) is 17.9. The van der Waals surface area contributed by atoms with Crippen LogP contribution in [0.15, 0.2) is 91.1 Å². The molecule has 4 nitrogen and oxygen atoms in total. The summed E-state index contributed by atoms with van der Waals surface area (Å²) in [4.78, 5) is 11.9. The number of carbonyl (C=O) groups excluding carboxylic acids is 1. The fraction of sp³-hybridized carbons (Fsp3) is 0. The van der Waals surface area contributed by atoms with Gasteiger partial charge in [0, 0.05) is 22.5 Å². The van der Waals surface area contributed by atoms with E-state index in [0.717, 1.165) is 28.3 Å². The highest BCUT2D eigenvalue weighted by Crippen LogP contribution is 2.28. The van der Waals surface area contributed by atoms with Gasteiger partial charge in [-0.2, -0.15) is 0 Å². The molecule has 0 spiro atoms. The van der Waals surface area contributed by atoms with Crippen molar-refractivity contribution in [3.63, 3.8) is 0 Å². The zero-order chi connectivity index (χ0) is 19.5. The summed E-state index contributed by atoms with van der Waals surface area (Å²) < 4.78 is 7.59. The van der Waals surface area contributed by atoms with E-state index < -0.39 is 5.91 Å². The second kappa shape index (κ2) is 7.62. The highest BCUT2D eigenvalue weighted by Gasteiger charge is 2.13. The van der Waals surface area contributed by atoms with Gasteiger partial charge >= 0.3 is 0 Å². The van der Waals surface area contributed by atoms with Crippen LogP contribution < -0.4 is 10.5 Å². The van der Waals surface area contributed by atoms with Crippen molar-refractivity contribution in [2.24, 2.45) is 5.73 Å². The number of hydrogen-bond acceptors (Lipinski definition) is 2. The SMILES string of the molecule is NC(=O)c1cc(-c2ccc(Oc3ccccc3)cc2)cn1-c1ccc(Cl)cc1. The van der Waals surface area contributed by atoms with Crippen LogP contribution in [-0.2, 0) is 0 Å². The lowest BCUT2D eigenvalue weighted by molar-refractivity contribution is 0.0994. The average molecular weight is 389 g/mol. The van der Waals surface area contributed by atoms with Crippen molar-refractivity contribution >= 4 is 17.5 Å². The molecule has 1 aromatic heterocycles. The van der Waals surface area contributed by atoms with Gasteiger partial charge in [-0.25, -0.2) is 0 Å². The van der Waals surface area contributed by atoms with E-state index in [9.17, 15) is 4.79 Å². The molecule has 0 aliphatic rings. The molecule has 4 aromatic rings. The number of nitrogens with zero attached hydrogens (tertiary/aromatic N) is 1. The third-order valence-corrected chi connectivity index (χ3v) is 4.60. The Hall–Kier alpha value is -3.50. The molecule has 1 heterocycles. The standard InChI is InChI=1S/C23H17ClN2O2/c24-18-8-10-19(11-9-18)26-15-17(14-22(26)23(25)27)16-6-12-21(13-7-16)28-20-4-2-1-3-5-20/h1-15H,(H2,25,27). The van der Waals surface area contributed by atoms with Crippen LogP contribution in [0.3, 0.4) is 0 Å². The van der Waals surface area contributed by atoms with Gasteiger partial charge in [-0.1, -0.05) is 41.9 Å². The van der Waals surface area contributed by atoms with Crippen LogP contribution in [0.5, 0.6) is 11.5 Å². The molecule has 0 fully saturated rings. The van der Waals surface area contributed by atoms with Crippen molar-refractivity contribution in [1.29, 1.82) is 0 Å². The van der Waals surface area contributed by atoms with Crippen LogP contribution in [0.1, 0.15) is 10.5 Å². The van der Waals surface area contributed by atoms with Crippen molar-refractivity contribution in [3.05, 3.63) is 102 Å². The maximum absolute atomic E-state index is 11.9. The number of benzene rings is 3. The molecule has 0 aliphatic heterocycles. The predicted octanol–water partition coefficient (Wildman–Crippen LogP) is 5.69. The smallest absolute Gasteiger partial charge is 0.265 e. The number of carbonyl (C=O) groups is 1. The molecule has 0 saturated heterocycles. The van der Waals surface area contributed by atoms with E-state index >= 15 is 0 Å². The normalized spacial score (nSPS) is 10.6.